The standard InChI is InChI=1S/C18H15N3.C3H8.C2H6/c1-2-14-12-17(13-8-4-3-5-9-13)21-16-11-7-6-10-15(16)20-18(21)19-14;1-3-2;1-2/h3-12H,2H2,1H3;3H2,1-2H3;1-2H3. The van der Waals surface area contributed by atoms with Gasteiger partial charge in [-0.25, -0.2) is 9.97 Å². The smallest absolute Gasteiger partial charge is 0.235 e. The van der Waals surface area contributed by atoms with Gasteiger partial charge >= 0.3 is 0 Å². The van der Waals surface area contributed by atoms with Crippen molar-refractivity contribution < 1.29 is 0 Å². The van der Waals surface area contributed by atoms with E-state index in [2.05, 4.69) is 71.5 Å². The van der Waals surface area contributed by atoms with E-state index in [0.717, 1.165) is 34.6 Å². The first-order valence-corrected chi connectivity index (χ1v) is 9.61. The molecule has 4 rings (SSSR count). The van der Waals surface area contributed by atoms with Crippen LogP contribution in [0.2, 0.25) is 0 Å². The van der Waals surface area contributed by atoms with Crippen LogP contribution in [0.25, 0.3) is 28.1 Å². The van der Waals surface area contributed by atoms with Crippen LogP contribution in [0.4, 0.5) is 0 Å². The van der Waals surface area contributed by atoms with Crippen LogP contribution in [0, 0.1) is 0 Å². The largest absolute Gasteiger partial charge is 0.276 e. The summed E-state index contributed by atoms with van der Waals surface area (Å²) in [6.45, 7) is 10.4. The van der Waals surface area contributed by atoms with Crippen LogP contribution in [-0.2, 0) is 6.42 Å². The molecule has 2 aromatic carbocycles. The van der Waals surface area contributed by atoms with Gasteiger partial charge in [0.2, 0.25) is 5.78 Å². The summed E-state index contributed by atoms with van der Waals surface area (Å²) >= 11 is 0. The number of nitrogens with zero attached hydrogens (tertiary/aromatic N) is 3. The molecule has 0 atom stereocenters. The number of benzene rings is 2. The zero-order valence-electron chi connectivity index (χ0n) is 16.5. The minimum atomic E-state index is 0.773. The summed E-state index contributed by atoms with van der Waals surface area (Å²) in [6.07, 6.45) is 2.15. The quantitative estimate of drug-likeness (QED) is 0.411. The maximum atomic E-state index is 4.67. The molecule has 3 nitrogen and oxygen atoms in total. The van der Waals surface area contributed by atoms with Crippen LogP contribution in [-0.4, -0.2) is 14.4 Å². The second-order valence-electron chi connectivity index (χ2n) is 5.80. The van der Waals surface area contributed by atoms with Crippen LogP contribution in [0.3, 0.4) is 0 Å². The lowest BCUT2D eigenvalue weighted by molar-refractivity contribution is 1.00. The predicted molar refractivity (Wildman–Crippen MR) is 113 cm³/mol. The van der Waals surface area contributed by atoms with Gasteiger partial charge in [-0.05, 0) is 30.2 Å². The maximum absolute atomic E-state index is 4.67. The van der Waals surface area contributed by atoms with Crippen LogP contribution in [0.1, 0.15) is 46.7 Å². The van der Waals surface area contributed by atoms with Crippen molar-refractivity contribution in [3.63, 3.8) is 0 Å². The molecule has 2 heterocycles. The predicted octanol–water partition coefficient (Wildman–Crippen LogP) is 6.55. The van der Waals surface area contributed by atoms with Gasteiger partial charge in [0.1, 0.15) is 0 Å². The Morgan fingerprint density at radius 3 is 2.08 bits per heavy atom. The van der Waals surface area contributed by atoms with Gasteiger partial charge in [-0.1, -0.05) is 83.5 Å². The fraction of sp³-hybridized carbons (Fsp3) is 0.304. The first-order chi connectivity index (χ1) is 12.8. The summed E-state index contributed by atoms with van der Waals surface area (Å²) in [5.41, 5.74) is 5.47. The molecule has 136 valence electrons. The first kappa shape index (κ1) is 19.6. The molecule has 0 amide bonds. The normalized spacial score (nSPS) is 10.0. The van der Waals surface area contributed by atoms with E-state index in [1.807, 2.05) is 38.1 Å². The van der Waals surface area contributed by atoms with E-state index < -0.39 is 0 Å². The molecule has 0 saturated carbocycles. The Bertz CT molecular complexity index is 940. The van der Waals surface area contributed by atoms with Gasteiger partial charge in [0.15, 0.2) is 0 Å². The molecule has 0 N–H and O–H groups in total. The molecule has 0 unspecified atom stereocenters. The third-order valence-corrected chi connectivity index (χ3v) is 3.76. The summed E-state index contributed by atoms with van der Waals surface area (Å²) in [6, 6.07) is 20.8. The molecule has 0 spiro atoms. The van der Waals surface area contributed by atoms with Crippen molar-refractivity contribution in [2.45, 2.75) is 47.5 Å². The number of hydrogen-bond donors (Lipinski definition) is 0. The molecule has 0 bridgehead atoms. The number of aryl methyl sites for hydroxylation is 1. The Morgan fingerprint density at radius 2 is 1.42 bits per heavy atom. The summed E-state index contributed by atoms with van der Waals surface area (Å²) in [5, 5.41) is 0. The minimum absolute atomic E-state index is 0.773. The molecule has 0 aliphatic rings. The average molecular weight is 348 g/mol. The van der Waals surface area contributed by atoms with Crippen molar-refractivity contribution in [3.05, 3.63) is 66.4 Å². The van der Waals surface area contributed by atoms with E-state index in [1.54, 1.807) is 0 Å². The number of aromatic nitrogens is 3. The molecular formula is C23H29N3. The Hall–Kier alpha value is -2.68. The molecule has 0 aliphatic carbocycles. The summed E-state index contributed by atoms with van der Waals surface area (Å²) < 4.78 is 2.14. The molecule has 0 saturated heterocycles. The molecular weight excluding hydrogens is 318 g/mol. The third-order valence-electron chi connectivity index (χ3n) is 3.76. The lowest BCUT2D eigenvalue weighted by Crippen LogP contribution is -1.98. The van der Waals surface area contributed by atoms with Crippen LogP contribution < -0.4 is 0 Å². The van der Waals surface area contributed by atoms with Gasteiger partial charge in [-0.3, -0.25) is 4.40 Å². The fourth-order valence-electron chi connectivity index (χ4n) is 2.71. The Kier molecular flexibility index (Phi) is 7.34. The molecule has 26 heavy (non-hydrogen) atoms. The first-order valence-electron chi connectivity index (χ1n) is 9.61. The molecule has 2 aromatic heterocycles. The SMILES string of the molecule is CC.CCC.CCc1cc(-c2ccccc2)n2c(n1)nc1ccccc12. The zero-order chi connectivity index (χ0) is 18.9. The lowest BCUT2D eigenvalue weighted by Gasteiger charge is -2.08. The van der Waals surface area contributed by atoms with E-state index in [9.17, 15) is 0 Å². The number of fused-ring (bicyclic) bond motifs is 3. The van der Waals surface area contributed by atoms with Crippen molar-refractivity contribution >= 4 is 16.8 Å². The average Bonchev–Trinajstić information content (AvgIpc) is 3.08. The van der Waals surface area contributed by atoms with Crippen molar-refractivity contribution in [3.8, 4) is 11.3 Å². The maximum Gasteiger partial charge on any atom is 0.235 e. The summed E-state index contributed by atoms with van der Waals surface area (Å²) in [4.78, 5) is 9.33. The van der Waals surface area contributed by atoms with Gasteiger partial charge in [0.05, 0.1) is 16.7 Å². The highest BCUT2D eigenvalue weighted by Gasteiger charge is 2.12. The zero-order valence-corrected chi connectivity index (χ0v) is 16.5. The molecule has 0 fully saturated rings. The van der Waals surface area contributed by atoms with Crippen molar-refractivity contribution in [1.29, 1.82) is 0 Å². The van der Waals surface area contributed by atoms with E-state index >= 15 is 0 Å². The minimum Gasteiger partial charge on any atom is -0.276 e. The van der Waals surface area contributed by atoms with Crippen LogP contribution >= 0.6 is 0 Å². The molecule has 4 aromatic rings. The van der Waals surface area contributed by atoms with Gasteiger partial charge in [-0.2, -0.15) is 0 Å². The van der Waals surface area contributed by atoms with Crippen molar-refractivity contribution in [2.75, 3.05) is 0 Å². The lowest BCUT2D eigenvalue weighted by atomic mass is 10.1. The number of hydrogen-bond acceptors (Lipinski definition) is 2. The van der Waals surface area contributed by atoms with E-state index in [4.69, 9.17) is 0 Å². The number of imidazole rings is 1. The monoisotopic (exact) mass is 347 g/mol. The highest BCUT2D eigenvalue weighted by molar-refractivity contribution is 5.82. The van der Waals surface area contributed by atoms with Crippen LogP contribution in [0.5, 0.6) is 0 Å². The molecule has 0 radical (unpaired) electrons. The van der Waals surface area contributed by atoms with Gasteiger partial charge in [0.25, 0.3) is 0 Å². The third kappa shape index (κ3) is 4.10. The van der Waals surface area contributed by atoms with Crippen molar-refractivity contribution in [2.24, 2.45) is 0 Å². The van der Waals surface area contributed by atoms with Gasteiger partial charge < -0.3 is 0 Å². The Labute approximate surface area is 156 Å². The van der Waals surface area contributed by atoms with Crippen LogP contribution in [0.15, 0.2) is 60.7 Å². The van der Waals surface area contributed by atoms with Crippen molar-refractivity contribution in [1.82, 2.24) is 14.4 Å². The molecule has 3 heteroatoms. The number of para-hydroxylation sites is 2. The Morgan fingerprint density at radius 1 is 0.808 bits per heavy atom. The number of rotatable bonds is 2. The Balaban J connectivity index is 0.000000444. The topological polar surface area (TPSA) is 30.2 Å². The highest BCUT2D eigenvalue weighted by atomic mass is 15.1. The van der Waals surface area contributed by atoms with Gasteiger partial charge in [-0.15, -0.1) is 0 Å². The van der Waals surface area contributed by atoms with E-state index in [0.29, 0.717) is 0 Å². The van der Waals surface area contributed by atoms with Gasteiger partial charge in [0, 0.05) is 5.69 Å². The van der Waals surface area contributed by atoms with E-state index in [-0.39, 0.29) is 0 Å². The summed E-state index contributed by atoms with van der Waals surface area (Å²) in [7, 11) is 0. The molecule has 0 aliphatic heterocycles. The second kappa shape index (κ2) is 9.71. The summed E-state index contributed by atoms with van der Waals surface area (Å²) in [5.74, 6) is 0.773. The van der Waals surface area contributed by atoms with E-state index in [1.165, 1.54) is 12.0 Å². The fourth-order valence-corrected chi connectivity index (χ4v) is 2.71. The second-order valence-corrected chi connectivity index (χ2v) is 5.80. The highest BCUT2D eigenvalue weighted by Crippen LogP contribution is 2.25.